The molecule has 7 heteroatoms. The summed E-state index contributed by atoms with van der Waals surface area (Å²) < 4.78 is 5.10. The van der Waals surface area contributed by atoms with Crippen molar-refractivity contribution in [1.29, 1.82) is 0 Å². The molecule has 2 amide bonds. The Morgan fingerprint density at radius 1 is 1.35 bits per heavy atom. The number of aromatic hydroxyl groups is 1. The summed E-state index contributed by atoms with van der Waals surface area (Å²) in [5.41, 5.74) is 1.76. The van der Waals surface area contributed by atoms with E-state index in [9.17, 15) is 14.7 Å². The fourth-order valence-corrected chi connectivity index (χ4v) is 3.20. The van der Waals surface area contributed by atoms with Gasteiger partial charge in [-0.05, 0) is 43.9 Å². The van der Waals surface area contributed by atoms with Crippen LogP contribution < -0.4 is 5.32 Å². The van der Waals surface area contributed by atoms with Gasteiger partial charge < -0.3 is 19.8 Å². The van der Waals surface area contributed by atoms with Crippen LogP contribution in [0.15, 0.2) is 34.9 Å². The van der Waals surface area contributed by atoms with Crippen molar-refractivity contribution in [3.63, 3.8) is 0 Å². The highest BCUT2D eigenvalue weighted by Gasteiger charge is 2.34. The van der Waals surface area contributed by atoms with Gasteiger partial charge in [0.2, 0.25) is 11.8 Å². The van der Waals surface area contributed by atoms with E-state index in [4.69, 9.17) is 4.52 Å². The normalized spacial score (nSPS) is 16.7. The van der Waals surface area contributed by atoms with Crippen molar-refractivity contribution in [2.75, 3.05) is 13.1 Å². The first kappa shape index (κ1) is 18.0. The monoisotopic (exact) mass is 357 g/mol. The second-order valence-corrected chi connectivity index (χ2v) is 6.56. The molecule has 2 heterocycles. The highest BCUT2D eigenvalue weighted by atomic mass is 16.5. The van der Waals surface area contributed by atoms with E-state index < -0.39 is 6.04 Å². The summed E-state index contributed by atoms with van der Waals surface area (Å²) in [5.74, 6) is 0.506. The average Bonchev–Trinajstić information content (AvgIpc) is 3.25. The molecule has 0 radical (unpaired) electrons. The van der Waals surface area contributed by atoms with Crippen LogP contribution in [0.1, 0.15) is 29.9 Å². The van der Waals surface area contributed by atoms with E-state index in [0.29, 0.717) is 31.7 Å². The van der Waals surface area contributed by atoms with Crippen LogP contribution in [0.2, 0.25) is 0 Å². The number of benzene rings is 1. The first-order valence-corrected chi connectivity index (χ1v) is 8.80. The van der Waals surface area contributed by atoms with E-state index in [1.165, 1.54) is 0 Å². The molecule has 2 N–H and O–H groups in total. The number of phenols is 1. The highest BCUT2D eigenvalue weighted by Crippen LogP contribution is 2.19. The number of aromatic nitrogens is 1. The number of aryl methyl sites for hydroxylation is 1. The molecule has 0 saturated carbocycles. The molecule has 3 rings (SSSR count). The molecule has 138 valence electrons. The molecule has 26 heavy (non-hydrogen) atoms. The molecule has 1 fully saturated rings. The molecule has 1 aliphatic heterocycles. The first-order valence-electron chi connectivity index (χ1n) is 8.80. The SMILES string of the molecule is Cc1cc(CC(=O)N2CCCC2C(=O)NCCc2ccc(O)cc2)on1. The molecule has 0 aliphatic carbocycles. The van der Waals surface area contributed by atoms with E-state index in [-0.39, 0.29) is 24.0 Å². The van der Waals surface area contributed by atoms with Gasteiger partial charge in [-0.2, -0.15) is 0 Å². The van der Waals surface area contributed by atoms with Gasteiger partial charge >= 0.3 is 0 Å². The maximum Gasteiger partial charge on any atom is 0.242 e. The fourth-order valence-electron chi connectivity index (χ4n) is 3.20. The van der Waals surface area contributed by atoms with Crippen molar-refractivity contribution in [2.24, 2.45) is 0 Å². The van der Waals surface area contributed by atoms with Crippen LogP contribution in [-0.2, 0) is 22.4 Å². The minimum Gasteiger partial charge on any atom is -0.508 e. The average molecular weight is 357 g/mol. The number of hydrogen-bond acceptors (Lipinski definition) is 5. The lowest BCUT2D eigenvalue weighted by atomic mass is 10.1. The van der Waals surface area contributed by atoms with Crippen LogP contribution in [0.3, 0.4) is 0 Å². The lowest BCUT2D eigenvalue weighted by Gasteiger charge is -2.23. The Labute approximate surface area is 152 Å². The molecular weight excluding hydrogens is 334 g/mol. The third kappa shape index (κ3) is 4.41. The molecule has 1 atom stereocenters. The third-order valence-electron chi connectivity index (χ3n) is 4.53. The summed E-state index contributed by atoms with van der Waals surface area (Å²) in [4.78, 5) is 26.6. The van der Waals surface area contributed by atoms with Gasteiger partial charge in [-0.3, -0.25) is 9.59 Å². The summed E-state index contributed by atoms with van der Waals surface area (Å²) in [6, 6.07) is 8.21. The topological polar surface area (TPSA) is 95.7 Å². The number of nitrogens with zero attached hydrogens (tertiary/aromatic N) is 2. The number of rotatable bonds is 6. The predicted octanol–water partition coefficient (Wildman–Crippen LogP) is 1.58. The summed E-state index contributed by atoms with van der Waals surface area (Å²) in [6.45, 7) is 2.88. The molecule has 1 aliphatic rings. The number of carbonyl (C=O) groups is 2. The first-order chi connectivity index (χ1) is 12.5. The zero-order valence-corrected chi connectivity index (χ0v) is 14.8. The molecule has 1 aromatic heterocycles. The maximum atomic E-state index is 12.5. The Kier molecular flexibility index (Phi) is 5.55. The van der Waals surface area contributed by atoms with Gasteiger partial charge in [0, 0.05) is 19.2 Å². The smallest absolute Gasteiger partial charge is 0.242 e. The molecule has 0 spiro atoms. The molecular formula is C19H23N3O4. The van der Waals surface area contributed by atoms with Crippen LogP contribution >= 0.6 is 0 Å². The Morgan fingerprint density at radius 2 is 2.12 bits per heavy atom. The van der Waals surface area contributed by atoms with Gasteiger partial charge in [-0.25, -0.2) is 0 Å². The molecule has 1 saturated heterocycles. The number of nitrogens with one attached hydrogen (secondary N) is 1. The number of carbonyl (C=O) groups excluding carboxylic acids is 2. The van der Waals surface area contributed by atoms with Crippen molar-refractivity contribution in [3.8, 4) is 5.75 Å². The van der Waals surface area contributed by atoms with Crippen LogP contribution in [-0.4, -0.2) is 46.1 Å². The van der Waals surface area contributed by atoms with Gasteiger partial charge in [0.1, 0.15) is 17.6 Å². The predicted molar refractivity (Wildman–Crippen MR) is 94.5 cm³/mol. The second kappa shape index (κ2) is 8.03. The lowest BCUT2D eigenvalue weighted by Crippen LogP contribution is -2.46. The quantitative estimate of drug-likeness (QED) is 0.818. The Hall–Kier alpha value is -2.83. The third-order valence-corrected chi connectivity index (χ3v) is 4.53. The Bertz CT molecular complexity index is 769. The van der Waals surface area contributed by atoms with Gasteiger partial charge in [0.05, 0.1) is 12.1 Å². The van der Waals surface area contributed by atoms with E-state index >= 15 is 0 Å². The van der Waals surface area contributed by atoms with Crippen LogP contribution in [0.4, 0.5) is 0 Å². The minimum atomic E-state index is -0.425. The van der Waals surface area contributed by atoms with Crippen LogP contribution in [0, 0.1) is 6.92 Å². The number of phenolic OH excluding ortho intramolecular Hbond substituents is 1. The van der Waals surface area contributed by atoms with Gasteiger partial charge in [-0.1, -0.05) is 17.3 Å². The molecule has 7 nitrogen and oxygen atoms in total. The van der Waals surface area contributed by atoms with Gasteiger partial charge in [0.25, 0.3) is 0 Å². The second-order valence-electron chi connectivity index (χ2n) is 6.56. The number of likely N-dealkylation sites (tertiary alicyclic amines) is 1. The molecule has 1 aromatic carbocycles. The summed E-state index contributed by atoms with van der Waals surface area (Å²) in [5, 5.41) is 16.0. The molecule has 1 unspecified atom stereocenters. The Balaban J connectivity index is 1.50. The number of amides is 2. The summed E-state index contributed by atoms with van der Waals surface area (Å²) in [7, 11) is 0. The van der Waals surface area contributed by atoms with Crippen molar-refractivity contribution in [1.82, 2.24) is 15.4 Å². The standard InChI is InChI=1S/C19H23N3O4/c1-13-11-16(26-21-13)12-18(24)22-10-2-3-17(22)19(25)20-9-8-14-4-6-15(23)7-5-14/h4-7,11,17,23H,2-3,8-10,12H2,1H3,(H,20,25). The van der Waals surface area contributed by atoms with E-state index in [0.717, 1.165) is 17.7 Å². The van der Waals surface area contributed by atoms with Crippen molar-refractivity contribution < 1.29 is 19.2 Å². The van der Waals surface area contributed by atoms with Crippen molar-refractivity contribution >= 4 is 11.8 Å². The van der Waals surface area contributed by atoms with Crippen molar-refractivity contribution in [3.05, 3.63) is 47.3 Å². The van der Waals surface area contributed by atoms with E-state index in [1.807, 2.05) is 12.1 Å². The molecule has 2 aromatic rings. The highest BCUT2D eigenvalue weighted by molar-refractivity contribution is 5.88. The van der Waals surface area contributed by atoms with Gasteiger partial charge in [0.15, 0.2) is 0 Å². The largest absolute Gasteiger partial charge is 0.508 e. The van der Waals surface area contributed by atoms with E-state index in [2.05, 4.69) is 10.5 Å². The lowest BCUT2D eigenvalue weighted by molar-refractivity contribution is -0.138. The summed E-state index contributed by atoms with van der Waals surface area (Å²) >= 11 is 0. The van der Waals surface area contributed by atoms with Crippen LogP contribution in [0.25, 0.3) is 0 Å². The number of hydrogen-bond donors (Lipinski definition) is 2. The van der Waals surface area contributed by atoms with E-state index in [1.54, 1.807) is 30.0 Å². The minimum absolute atomic E-state index is 0.114. The van der Waals surface area contributed by atoms with Crippen molar-refractivity contribution in [2.45, 2.75) is 38.6 Å². The maximum absolute atomic E-state index is 12.5. The summed E-state index contributed by atoms with van der Waals surface area (Å²) in [6.07, 6.45) is 2.28. The fraction of sp³-hybridized carbons (Fsp3) is 0.421. The molecule has 0 bridgehead atoms. The zero-order valence-electron chi connectivity index (χ0n) is 14.8. The Morgan fingerprint density at radius 3 is 2.81 bits per heavy atom. The van der Waals surface area contributed by atoms with Crippen LogP contribution in [0.5, 0.6) is 5.75 Å². The van der Waals surface area contributed by atoms with Gasteiger partial charge in [-0.15, -0.1) is 0 Å². The zero-order chi connectivity index (χ0) is 18.5.